The first-order valence-electron chi connectivity index (χ1n) is 4.19. The number of aliphatic carboxylic acids is 1. The lowest BCUT2D eigenvalue weighted by molar-refractivity contribution is -0.133. The van der Waals surface area contributed by atoms with Gasteiger partial charge in [-0.15, -0.1) is 11.8 Å². The Hall–Kier alpha value is -0.710. The van der Waals surface area contributed by atoms with Gasteiger partial charge in [0.1, 0.15) is 0 Å². The van der Waals surface area contributed by atoms with Crippen molar-refractivity contribution >= 4 is 23.6 Å². The molecule has 0 aliphatic heterocycles. The SMILES string of the molecule is CCCNC(=O)C(C)SCC(=O)O. The van der Waals surface area contributed by atoms with E-state index in [2.05, 4.69) is 5.32 Å². The minimum atomic E-state index is -0.889. The second kappa shape index (κ2) is 6.77. The number of amides is 1. The van der Waals surface area contributed by atoms with Crippen LogP contribution in [0.3, 0.4) is 0 Å². The largest absolute Gasteiger partial charge is 0.481 e. The minimum Gasteiger partial charge on any atom is -0.481 e. The van der Waals surface area contributed by atoms with E-state index in [1.807, 2.05) is 6.92 Å². The Morgan fingerprint density at radius 1 is 1.54 bits per heavy atom. The lowest BCUT2D eigenvalue weighted by atomic mass is 10.4. The molecule has 0 fully saturated rings. The van der Waals surface area contributed by atoms with Crippen LogP contribution in [0, 0.1) is 0 Å². The Labute approximate surface area is 82.1 Å². The van der Waals surface area contributed by atoms with Gasteiger partial charge in [-0.05, 0) is 13.3 Å². The molecule has 4 nitrogen and oxygen atoms in total. The van der Waals surface area contributed by atoms with E-state index >= 15 is 0 Å². The quantitative estimate of drug-likeness (QED) is 0.670. The number of carboxylic acids is 1. The zero-order valence-electron chi connectivity index (χ0n) is 7.87. The first-order chi connectivity index (χ1) is 6.07. The summed E-state index contributed by atoms with van der Waals surface area (Å²) >= 11 is 1.13. The molecule has 13 heavy (non-hydrogen) atoms. The molecule has 0 spiro atoms. The number of carboxylic acid groups (broad SMARTS) is 1. The van der Waals surface area contributed by atoms with E-state index in [0.29, 0.717) is 6.54 Å². The summed E-state index contributed by atoms with van der Waals surface area (Å²) in [5.74, 6) is -1.01. The van der Waals surface area contributed by atoms with Crippen LogP contribution in [-0.2, 0) is 9.59 Å². The fourth-order valence-electron chi connectivity index (χ4n) is 0.664. The summed E-state index contributed by atoms with van der Waals surface area (Å²) in [4.78, 5) is 21.4. The molecule has 0 saturated carbocycles. The molecule has 0 rings (SSSR count). The second-order valence-electron chi connectivity index (χ2n) is 2.64. The van der Waals surface area contributed by atoms with Crippen LogP contribution in [0.25, 0.3) is 0 Å². The molecule has 0 heterocycles. The molecule has 1 unspecified atom stereocenters. The van der Waals surface area contributed by atoms with Gasteiger partial charge in [0, 0.05) is 6.54 Å². The van der Waals surface area contributed by atoms with Crippen molar-refractivity contribution < 1.29 is 14.7 Å². The number of rotatable bonds is 6. The van der Waals surface area contributed by atoms with Crippen molar-refractivity contribution in [2.75, 3.05) is 12.3 Å². The van der Waals surface area contributed by atoms with E-state index in [4.69, 9.17) is 5.11 Å². The van der Waals surface area contributed by atoms with Crippen molar-refractivity contribution in [3.63, 3.8) is 0 Å². The zero-order valence-corrected chi connectivity index (χ0v) is 8.69. The van der Waals surface area contributed by atoms with Gasteiger partial charge in [0.15, 0.2) is 0 Å². The highest BCUT2D eigenvalue weighted by molar-refractivity contribution is 8.01. The smallest absolute Gasteiger partial charge is 0.313 e. The summed E-state index contributed by atoms with van der Waals surface area (Å²) in [6.07, 6.45) is 0.891. The lowest BCUT2D eigenvalue weighted by Gasteiger charge is -2.09. The lowest BCUT2D eigenvalue weighted by Crippen LogP contribution is -2.31. The molecule has 0 aromatic carbocycles. The predicted octanol–water partition coefficient (Wildman–Crippen LogP) is 0.719. The first kappa shape index (κ1) is 12.3. The predicted molar refractivity (Wildman–Crippen MR) is 52.9 cm³/mol. The molecular weight excluding hydrogens is 190 g/mol. The van der Waals surface area contributed by atoms with Gasteiger partial charge in [0.2, 0.25) is 5.91 Å². The van der Waals surface area contributed by atoms with Crippen molar-refractivity contribution in [3.8, 4) is 0 Å². The first-order valence-corrected chi connectivity index (χ1v) is 5.24. The molecule has 0 radical (unpaired) electrons. The normalized spacial score (nSPS) is 12.2. The summed E-state index contributed by atoms with van der Waals surface area (Å²) in [5, 5.41) is 10.8. The van der Waals surface area contributed by atoms with Gasteiger partial charge in [-0.1, -0.05) is 6.92 Å². The van der Waals surface area contributed by atoms with Gasteiger partial charge >= 0.3 is 5.97 Å². The maximum absolute atomic E-state index is 11.2. The number of nitrogens with one attached hydrogen (secondary N) is 1. The molecule has 2 N–H and O–H groups in total. The number of thioether (sulfide) groups is 1. The van der Waals surface area contributed by atoms with Crippen LogP contribution in [0.15, 0.2) is 0 Å². The average molecular weight is 205 g/mol. The minimum absolute atomic E-state index is 0.0271. The van der Waals surface area contributed by atoms with Crippen molar-refractivity contribution in [1.29, 1.82) is 0 Å². The number of hydrogen-bond donors (Lipinski definition) is 2. The summed E-state index contributed by atoms with van der Waals surface area (Å²) < 4.78 is 0. The van der Waals surface area contributed by atoms with Gasteiger partial charge in [0.25, 0.3) is 0 Å². The summed E-state index contributed by atoms with van der Waals surface area (Å²) in [6.45, 7) is 4.32. The maximum Gasteiger partial charge on any atom is 0.313 e. The number of hydrogen-bond acceptors (Lipinski definition) is 3. The van der Waals surface area contributed by atoms with Crippen LogP contribution >= 0.6 is 11.8 Å². The van der Waals surface area contributed by atoms with Gasteiger partial charge in [0.05, 0.1) is 11.0 Å². The Kier molecular flexibility index (Phi) is 6.40. The molecule has 0 aliphatic rings. The Bertz CT molecular complexity index is 184. The van der Waals surface area contributed by atoms with Crippen LogP contribution < -0.4 is 5.32 Å². The van der Waals surface area contributed by atoms with Gasteiger partial charge in [-0.2, -0.15) is 0 Å². The van der Waals surface area contributed by atoms with Crippen molar-refractivity contribution in [2.45, 2.75) is 25.5 Å². The van der Waals surface area contributed by atoms with Crippen LogP contribution in [0.2, 0.25) is 0 Å². The highest BCUT2D eigenvalue weighted by atomic mass is 32.2. The van der Waals surface area contributed by atoms with E-state index in [0.717, 1.165) is 18.2 Å². The molecule has 1 amide bonds. The molecule has 1 atom stereocenters. The average Bonchev–Trinajstić information content (AvgIpc) is 2.10. The molecular formula is C8H15NO3S. The molecule has 76 valence electrons. The summed E-state index contributed by atoms with van der Waals surface area (Å²) in [5.41, 5.74) is 0. The van der Waals surface area contributed by atoms with Crippen molar-refractivity contribution in [3.05, 3.63) is 0 Å². The third-order valence-electron chi connectivity index (χ3n) is 1.38. The van der Waals surface area contributed by atoms with Crippen molar-refractivity contribution in [1.82, 2.24) is 5.32 Å². The fraction of sp³-hybridized carbons (Fsp3) is 0.750. The van der Waals surface area contributed by atoms with Crippen LogP contribution in [-0.4, -0.2) is 34.5 Å². The van der Waals surface area contributed by atoms with Crippen molar-refractivity contribution in [2.24, 2.45) is 0 Å². The molecule has 0 aliphatic carbocycles. The van der Waals surface area contributed by atoms with Gasteiger partial charge in [-0.3, -0.25) is 9.59 Å². The van der Waals surface area contributed by atoms with E-state index in [1.165, 1.54) is 0 Å². The van der Waals surface area contributed by atoms with E-state index in [1.54, 1.807) is 6.92 Å². The maximum atomic E-state index is 11.2. The van der Waals surface area contributed by atoms with E-state index < -0.39 is 5.97 Å². The number of carbonyl (C=O) groups excluding carboxylic acids is 1. The molecule has 5 heteroatoms. The number of carbonyl (C=O) groups is 2. The molecule has 0 aromatic rings. The summed E-state index contributed by atoms with van der Waals surface area (Å²) in [7, 11) is 0. The highest BCUT2D eigenvalue weighted by Gasteiger charge is 2.13. The Balaban J connectivity index is 3.62. The van der Waals surface area contributed by atoms with Crippen LogP contribution in [0.5, 0.6) is 0 Å². The topological polar surface area (TPSA) is 66.4 Å². The zero-order chi connectivity index (χ0) is 10.3. The summed E-state index contributed by atoms with van der Waals surface area (Å²) in [6, 6.07) is 0. The molecule has 0 aromatic heterocycles. The van der Waals surface area contributed by atoms with E-state index in [9.17, 15) is 9.59 Å². The second-order valence-corrected chi connectivity index (χ2v) is 3.97. The fourth-order valence-corrected chi connectivity index (χ4v) is 1.29. The van der Waals surface area contributed by atoms with Gasteiger partial charge in [-0.25, -0.2) is 0 Å². The van der Waals surface area contributed by atoms with Gasteiger partial charge < -0.3 is 10.4 Å². The Morgan fingerprint density at radius 2 is 2.15 bits per heavy atom. The molecule has 0 bridgehead atoms. The highest BCUT2D eigenvalue weighted by Crippen LogP contribution is 2.09. The molecule has 0 saturated heterocycles. The van der Waals surface area contributed by atoms with Crippen LogP contribution in [0.4, 0.5) is 0 Å². The monoisotopic (exact) mass is 205 g/mol. The van der Waals surface area contributed by atoms with Crippen LogP contribution in [0.1, 0.15) is 20.3 Å². The third-order valence-corrected chi connectivity index (χ3v) is 2.50. The van der Waals surface area contributed by atoms with E-state index in [-0.39, 0.29) is 16.9 Å². The Morgan fingerprint density at radius 3 is 2.62 bits per heavy atom. The standard InChI is InChI=1S/C8H15NO3S/c1-3-4-9-8(12)6(2)13-5-7(10)11/h6H,3-5H2,1-2H3,(H,9,12)(H,10,11). The third kappa shape index (κ3) is 6.45.